The fourth-order valence-corrected chi connectivity index (χ4v) is 2.70. The molecule has 7 heteroatoms. The van der Waals surface area contributed by atoms with Gasteiger partial charge in [-0.25, -0.2) is 4.39 Å². The zero-order valence-electron chi connectivity index (χ0n) is 13.0. The zero-order chi connectivity index (χ0) is 16.9. The quantitative estimate of drug-likeness (QED) is 0.930. The minimum absolute atomic E-state index is 0.0224. The molecule has 1 N–H and O–H groups in total. The molecule has 0 atom stereocenters. The van der Waals surface area contributed by atoms with Crippen LogP contribution >= 0.6 is 0 Å². The predicted molar refractivity (Wildman–Crippen MR) is 84.8 cm³/mol. The van der Waals surface area contributed by atoms with Crippen molar-refractivity contribution >= 4 is 11.8 Å². The number of carbonyl (C=O) groups is 2. The average molecular weight is 328 g/mol. The van der Waals surface area contributed by atoms with E-state index in [1.165, 1.54) is 12.3 Å². The SMILES string of the molecule is O=C(NC1CCN(C(=O)c2ccncc2F)CC1)c1ccccn1. The minimum Gasteiger partial charge on any atom is -0.348 e. The van der Waals surface area contributed by atoms with Crippen molar-refractivity contribution in [2.75, 3.05) is 13.1 Å². The van der Waals surface area contributed by atoms with Gasteiger partial charge in [-0.05, 0) is 31.0 Å². The van der Waals surface area contributed by atoms with Crippen molar-refractivity contribution in [1.29, 1.82) is 0 Å². The Kier molecular flexibility index (Phi) is 4.79. The number of halogens is 1. The molecule has 1 fully saturated rings. The molecule has 1 saturated heterocycles. The highest BCUT2D eigenvalue weighted by Gasteiger charge is 2.26. The first-order valence-electron chi connectivity index (χ1n) is 7.76. The minimum atomic E-state index is -0.618. The molecule has 0 unspecified atom stereocenters. The van der Waals surface area contributed by atoms with Gasteiger partial charge >= 0.3 is 0 Å². The smallest absolute Gasteiger partial charge is 0.270 e. The van der Waals surface area contributed by atoms with Crippen LogP contribution < -0.4 is 5.32 Å². The number of piperidine rings is 1. The first-order valence-corrected chi connectivity index (χ1v) is 7.76. The van der Waals surface area contributed by atoms with Crippen LogP contribution in [0.4, 0.5) is 4.39 Å². The van der Waals surface area contributed by atoms with Crippen LogP contribution in [0.15, 0.2) is 42.9 Å². The van der Waals surface area contributed by atoms with E-state index >= 15 is 0 Å². The monoisotopic (exact) mass is 328 g/mol. The number of likely N-dealkylation sites (tertiary alicyclic amines) is 1. The lowest BCUT2D eigenvalue weighted by Crippen LogP contribution is -2.46. The van der Waals surface area contributed by atoms with Gasteiger partial charge in [0.2, 0.25) is 0 Å². The summed E-state index contributed by atoms with van der Waals surface area (Å²) in [5.74, 6) is -1.18. The zero-order valence-corrected chi connectivity index (χ0v) is 13.0. The Labute approximate surface area is 138 Å². The third-order valence-electron chi connectivity index (χ3n) is 4.02. The summed E-state index contributed by atoms with van der Waals surface area (Å²) >= 11 is 0. The second-order valence-electron chi connectivity index (χ2n) is 5.61. The Morgan fingerprint density at radius 2 is 1.96 bits per heavy atom. The lowest BCUT2D eigenvalue weighted by Gasteiger charge is -2.32. The molecule has 2 amide bonds. The number of nitrogens with zero attached hydrogens (tertiary/aromatic N) is 3. The second-order valence-corrected chi connectivity index (χ2v) is 5.61. The van der Waals surface area contributed by atoms with Gasteiger partial charge in [0, 0.05) is 31.5 Å². The molecule has 2 aromatic rings. The third kappa shape index (κ3) is 3.56. The van der Waals surface area contributed by atoms with Gasteiger partial charge in [-0.15, -0.1) is 0 Å². The van der Waals surface area contributed by atoms with Gasteiger partial charge in [-0.3, -0.25) is 19.6 Å². The lowest BCUT2D eigenvalue weighted by atomic mass is 10.0. The van der Waals surface area contributed by atoms with Gasteiger partial charge in [-0.2, -0.15) is 0 Å². The highest BCUT2D eigenvalue weighted by Crippen LogP contribution is 2.15. The van der Waals surface area contributed by atoms with Crippen molar-refractivity contribution in [2.24, 2.45) is 0 Å². The van der Waals surface area contributed by atoms with Gasteiger partial charge in [0.25, 0.3) is 11.8 Å². The van der Waals surface area contributed by atoms with E-state index in [0.717, 1.165) is 6.20 Å². The fourth-order valence-electron chi connectivity index (χ4n) is 2.70. The van der Waals surface area contributed by atoms with E-state index < -0.39 is 5.82 Å². The van der Waals surface area contributed by atoms with Crippen LogP contribution in [0.2, 0.25) is 0 Å². The molecule has 0 saturated carbocycles. The van der Waals surface area contributed by atoms with E-state index in [9.17, 15) is 14.0 Å². The second kappa shape index (κ2) is 7.16. The molecule has 24 heavy (non-hydrogen) atoms. The van der Waals surface area contributed by atoms with Crippen molar-refractivity contribution in [3.63, 3.8) is 0 Å². The van der Waals surface area contributed by atoms with Crippen molar-refractivity contribution in [2.45, 2.75) is 18.9 Å². The number of hydrogen-bond donors (Lipinski definition) is 1. The number of hydrogen-bond acceptors (Lipinski definition) is 4. The summed E-state index contributed by atoms with van der Waals surface area (Å²) in [7, 11) is 0. The molecule has 1 aliphatic heterocycles. The summed E-state index contributed by atoms with van der Waals surface area (Å²) in [6, 6.07) is 6.52. The Morgan fingerprint density at radius 1 is 1.17 bits per heavy atom. The van der Waals surface area contributed by atoms with E-state index in [0.29, 0.717) is 31.6 Å². The van der Waals surface area contributed by atoms with Gasteiger partial charge < -0.3 is 10.2 Å². The van der Waals surface area contributed by atoms with Crippen molar-refractivity contribution in [1.82, 2.24) is 20.2 Å². The molecular weight excluding hydrogens is 311 g/mol. The van der Waals surface area contributed by atoms with Crippen molar-refractivity contribution in [3.05, 3.63) is 59.9 Å². The summed E-state index contributed by atoms with van der Waals surface area (Å²) in [6.07, 6.45) is 5.25. The summed E-state index contributed by atoms with van der Waals surface area (Å²) in [6.45, 7) is 0.932. The lowest BCUT2D eigenvalue weighted by molar-refractivity contribution is 0.0693. The normalized spacial score (nSPS) is 15.1. The first-order chi connectivity index (χ1) is 11.6. The van der Waals surface area contributed by atoms with Crippen LogP contribution in [0.5, 0.6) is 0 Å². The van der Waals surface area contributed by atoms with Gasteiger partial charge in [0.05, 0.1) is 11.8 Å². The average Bonchev–Trinajstić information content (AvgIpc) is 2.63. The largest absolute Gasteiger partial charge is 0.348 e. The first kappa shape index (κ1) is 16.0. The molecule has 0 aliphatic carbocycles. The Balaban J connectivity index is 1.55. The molecule has 3 heterocycles. The molecule has 124 valence electrons. The van der Waals surface area contributed by atoms with E-state index in [1.807, 2.05) is 0 Å². The third-order valence-corrected chi connectivity index (χ3v) is 4.02. The van der Waals surface area contributed by atoms with E-state index in [-0.39, 0.29) is 23.4 Å². The van der Waals surface area contributed by atoms with Crippen LogP contribution in [0.3, 0.4) is 0 Å². The molecule has 0 aromatic carbocycles. The van der Waals surface area contributed by atoms with Gasteiger partial charge in [0.15, 0.2) is 5.82 Å². The highest BCUT2D eigenvalue weighted by atomic mass is 19.1. The number of pyridine rings is 2. The highest BCUT2D eigenvalue weighted by molar-refractivity contribution is 5.94. The van der Waals surface area contributed by atoms with Gasteiger partial charge in [-0.1, -0.05) is 6.07 Å². The molecule has 0 bridgehead atoms. The van der Waals surface area contributed by atoms with Crippen LogP contribution in [0.25, 0.3) is 0 Å². The van der Waals surface area contributed by atoms with Crippen LogP contribution in [-0.4, -0.2) is 45.8 Å². The van der Waals surface area contributed by atoms with Crippen LogP contribution in [-0.2, 0) is 0 Å². The van der Waals surface area contributed by atoms with Crippen LogP contribution in [0.1, 0.15) is 33.7 Å². The topological polar surface area (TPSA) is 75.2 Å². The fraction of sp³-hybridized carbons (Fsp3) is 0.294. The molecule has 6 nitrogen and oxygen atoms in total. The maximum atomic E-state index is 13.7. The molecule has 3 rings (SSSR count). The summed E-state index contributed by atoms with van der Waals surface area (Å²) in [4.78, 5) is 33.7. The van der Waals surface area contributed by atoms with E-state index in [1.54, 1.807) is 29.3 Å². The Morgan fingerprint density at radius 3 is 2.62 bits per heavy atom. The summed E-state index contributed by atoms with van der Waals surface area (Å²) < 4.78 is 13.7. The number of amides is 2. The number of nitrogens with one attached hydrogen (secondary N) is 1. The van der Waals surface area contributed by atoms with Crippen molar-refractivity contribution in [3.8, 4) is 0 Å². The van der Waals surface area contributed by atoms with E-state index in [2.05, 4.69) is 15.3 Å². The number of carbonyl (C=O) groups excluding carboxylic acids is 2. The standard InChI is InChI=1S/C17H17FN4O2/c18-14-11-19-8-4-13(14)17(24)22-9-5-12(6-10-22)21-16(23)15-3-1-2-7-20-15/h1-4,7-8,11-12H,5-6,9-10H2,(H,21,23). The van der Waals surface area contributed by atoms with Crippen molar-refractivity contribution < 1.29 is 14.0 Å². The maximum absolute atomic E-state index is 13.7. The Bertz CT molecular complexity index is 730. The number of aromatic nitrogens is 2. The predicted octanol–water partition coefficient (Wildman–Crippen LogP) is 1.65. The Hall–Kier alpha value is -2.83. The molecule has 1 aliphatic rings. The molecule has 2 aromatic heterocycles. The molecule has 0 radical (unpaired) electrons. The molecular formula is C17H17FN4O2. The molecule has 0 spiro atoms. The van der Waals surface area contributed by atoms with Gasteiger partial charge in [0.1, 0.15) is 5.69 Å². The summed E-state index contributed by atoms with van der Waals surface area (Å²) in [5.41, 5.74) is 0.399. The van der Waals surface area contributed by atoms with E-state index in [4.69, 9.17) is 0 Å². The van der Waals surface area contributed by atoms with Crippen LogP contribution in [0, 0.1) is 5.82 Å². The number of rotatable bonds is 3. The summed E-state index contributed by atoms with van der Waals surface area (Å²) in [5, 5.41) is 2.92. The maximum Gasteiger partial charge on any atom is 0.270 e.